The maximum atomic E-state index is 13.1. The van der Waals surface area contributed by atoms with Gasteiger partial charge >= 0.3 is 6.03 Å². The molecule has 0 unspecified atom stereocenters. The minimum absolute atomic E-state index is 0.117. The maximum Gasteiger partial charge on any atom is 0.323 e. The first-order valence-corrected chi connectivity index (χ1v) is 9.57. The Bertz CT molecular complexity index is 1010. The first-order chi connectivity index (χ1) is 15.0. The number of rotatable bonds is 8. The normalized spacial score (nSPS) is 10.7. The lowest BCUT2D eigenvalue weighted by Crippen LogP contribution is -2.37. The molecule has 1 aromatic carbocycles. The molecule has 3 aromatic rings. The van der Waals surface area contributed by atoms with Crippen molar-refractivity contribution in [2.24, 2.45) is 0 Å². The number of amides is 2. The highest BCUT2D eigenvalue weighted by Gasteiger charge is 2.16. The molecular formula is C21H21F3N6O. The molecule has 2 heterocycles. The third-order valence-corrected chi connectivity index (χ3v) is 4.44. The number of halogens is 3. The minimum atomic E-state index is -0.723. The van der Waals surface area contributed by atoms with E-state index in [0.29, 0.717) is 29.9 Å². The van der Waals surface area contributed by atoms with E-state index in [1.807, 2.05) is 0 Å². The van der Waals surface area contributed by atoms with Crippen molar-refractivity contribution in [1.29, 1.82) is 0 Å². The van der Waals surface area contributed by atoms with Gasteiger partial charge in [0.25, 0.3) is 0 Å². The SMILES string of the molecule is Nc1ccc(-c2ccc(F)cc2)nc1NC(=O)N(CCF)CCCc1ncc(F)cn1. The minimum Gasteiger partial charge on any atom is -0.396 e. The monoisotopic (exact) mass is 430 g/mol. The van der Waals surface area contributed by atoms with Crippen LogP contribution in [0.4, 0.5) is 29.5 Å². The van der Waals surface area contributed by atoms with Crippen LogP contribution in [0.25, 0.3) is 11.3 Å². The van der Waals surface area contributed by atoms with Crippen LogP contribution in [0.2, 0.25) is 0 Å². The predicted molar refractivity (Wildman–Crippen MR) is 111 cm³/mol. The van der Waals surface area contributed by atoms with Gasteiger partial charge in [-0.15, -0.1) is 0 Å². The Balaban J connectivity index is 1.66. The molecule has 0 atom stereocenters. The number of nitrogens with one attached hydrogen (secondary N) is 1. The summed E-state index contributed by atoms with van der Waals surface area (Å²) in [6, 6.07) is 8.40. The molecule has 0 bridgehead atoms. The molecule has 0 spiro atoms. The second-order valence-electron chi connectivity index (χ2n) is 6.67. The highest BCUT2D eigenvalue weighted by Crippen LogP contribution is 2.24. The number of anilines is 2. The van der Waals surface area contributed by atoms with Crippen LogP contribution in [0.3, 0.4) is 0 Å². The topological polar surface area (TPSA) is 97.0 Å². The lowest BCUT2D eigenvalue weighted by molar-refractivity contribution is 0.205. The number of carbonyl (C=O) groups excluding carboxylic acids is 1. The van der Waals surface area contributed by atoms with Gasteiger partial charge in [-0.2, -0.15) is 0 Å². The smallest absolute Gasteiger partial charge is 0.323 e. The van der Waals surface area contributed by atoms with Gasteiger partial charge in [0, 0.05) is 18.5 Å². The Morgan fingerprint density at radius 1 is 1.00 bits per heavy atom. The van der Waals surface area contributed by atoms with Crippen LogP contribution in [-0.2, 0) is 6.42 Å². The van der Waals surface area contributed by atoms with E-state index >= 15 is 0 Å². The third-order valence-electron chi connectivity index (χ3n) is 4.44. The number of nitrogens with zero attached hydrogens (tertiary/aromatic N) is 4. The van der Waals surface area contributed by atoms with Gasteiger partial charge < -0.3 is 10.6 Å². The molecule has 31 heavy (non-hydrogen) atoms. The van der Waals surface area contributed by atoms with Crippen molar-refractivity contribution in [3.63, 3.8) is 0 Å². The van der Waals surface area contributed by atoms with Gasteiger partial charge in [0.15, 0.2) is 11.6 Å². The van der Waals surface area contributed by atoms with E-state index in [4.69, 9.17) is 5.73 Å². The van der Waals surface area contributed by atoms with Crippen molar-refractivity contribution in [1.82, 2.24) is 19.9 Å². The number of benzene rings is 1. The molecule has 0 saturated heterocycles. The largest absolute Gasteiger partial charge is 0.396 e. The summed E-state index contributed by atoms with van der Waals surface area (Å²) in [5.74, 6) is -0.353. The molecule has 0 radical (unpaired) electrons. The molecule has 0 saturated carbocycles. The number of nitrogens with two attached hydrogens (primary N) is 1. The average Bonchev–Trinajstić information content (AvgIpc) is 2.76. The molecule has 3 N–H and O–H groups in total. The Morgan fingerprint density at radius 2 is 1.71 bits per heavy atom. The van der Waals surface area contributed by atoms with Crippen molar-refractivity contribution in [2.45, 2.75) is 12.8 Å². The lowest BCUT2D eigenvalue weighted by atomic mass is 10.1. The van der Waals surface area contributed by atoms with Gasteiger partial charge in [-0.3, -0.25) is 5.32 Å². The number of urea groups is 1. The quantitative estimate of drug-likeness (QED) is 0.566. The number of aromatic nitrogens is 3. The molecule has 2 amide bonds. The van der Waals surface area contributed by atoms with Crippen LogP contribution in [0.5, 0.6) is 0 Å². The molecule has 0 aliphatic carbocycles. The second-order valence-corrected chi connectivity index (χ2v) is 6.67. The van der Waals surface area contributed by atoms with Crippen LogP contribution < -0.4 is 11.1 Å². The Morgan fingerprint density at radius 3 is 2.39 bits per heavy atom. The second kappa shape index (κ2) is 10.4. The van der Waals surface area contributed by atoms with Crippen LogP contribution in [-0.4, -0.2) is 45.6 Å². The maximum absolute atomic E-state index is 13.1. The van der Waals surface area contributed by atoms with Crippen molar-refractivity contribution in [3.8, 4) is 11.3 Å². The van der Waals surface area contributed by atoms with Crippen LogP contribution in [0.1, 0.15) is 12.2 Å². The third kappa shape index (κ3) is 6.14. The van der Waals surface area contributed by atoms with Crippen molar-refractivity contribution in [3.05, 3.63) is 66.3 Å². The zero-order valence-electron chi connectivity index (χ0n) is 16.6. The van der Waals surface area contributed by atoms with Crippen LogP contribution >= 0.6 is 0 Å². The molecule has 2 aromatic heterocycles. The first-order valence-electron chi connectivity index (χ1n) is 9.57. The van der Waals surface area contributed by atoms with Crippen LogP contribution in [0.15, 0.2) is 48.8 Å². The molecule has 3 rings (SSSR count). The number of alkyl halides is 1. The summed E-state index contributed by atoms with van der Waals surface area (Å²) in [4.78, 5) is 26.0. The molecule has 10 heteroatoms. The fourth-order valence-corrected chi connectivity index (χ4v) is 2.84. The van der Waals surface area contributed by atoms with E-state index in [-0.39, 0.29) is 30.4 Å². The van der Waals surface area contributed by atoms with Gasteiger partial charge in [-0.05, 0) is 42.8 Å². The number of hydrogen-bond acceptors (Lipinski definition) is 5. The Labute approximate surface area is 177 Å². The molecular weight excluding hydrogens is 409 g/mol. The Hall–Kier alpha value is -3.69. The van der Waals surface area contributed by atoms with Gasteiger partial charge in [-0.1, -0.05) is 0 Å². The van der Waals surface area contributed by atoms with Gasteiger partial charge in [0.1, 0.15) is 18.3 Å². The fraction of sp³-hybridized carbons (Fsp3) is 0.238. The molecule has 0 fully saturated rings. The summed E-state index contributed by atoms with van der Waals surface area (Å²) in [6.45, 7) is -0.610. The summed E-state index contributed by atoms with van der Waals surface area (Å²) >= 11 is 0. The number of aryl methyl sites for hydroxylation is 1. The van der Waals surface area contributed by atoms with E-state index in [2.05, 4.69) is 20.3 Å². The average molecular weight is 430 g/mol. The Kier molecular flexibility index (Phi) is 7.36. The highest BCUT2D eigenvalue weighted by molar-refractivity contribution is 5.91. The molecule has 7 nitrogen and oxygen atoms in total. The van der Waals surface area contributed by atoms with Gasteiger partial charge in [-0.25, -0.2) is 32.9 Å². The van der Waals surface area contributed by atoms with Gasteiger partial charge in [0.2, 0.25) is 0 Å². The highest BCUT2D eigenvalue weighted by atomic mass is 19.1. The summed E-state index contributed by atoms with van der Waals surface area (Å²) in [5.41, 5.74) is 7.31. The fourth-order valence-electron chi connectivity index (χ4n) is 2.84. The lowest BCUT2D eigenvalue weighted by Gasteiger charge is -2.22. The first kappa shape index (κ1) is 22.0. The molecule has 0 aliphatic rings. The van der Waals surface area contributed by atoms with E-state index in [1.54, 1.807) is 24.3 Å². The summed E-state index contributed by atoms with van der Waals surface area (Å²) < 4.78 is 39.0. The standard InChI is InChI=1S/C21H21F3N6O/c22-9-11-30(10-1-2-19-26-12-16(24)13-27-19)21(31)29-20-17(25)7-8-18(28-20)14-3-5-15(23)6-4-14/h3-8,12-13H,1-2,9-11,25H2,(H,28,29,31). The summed E-state index contributed by atoms with van der Waals surface area (Å²) in [5, 5.41) is 2.60. The number of hydrogen-bond donors (Lipinski definition) is 2. The number of nitrogen functional groups attached to an aromatic ring is 1. The summed E-state index contributed by atoms with van der Waals surface area (Å²) in [7, 11) is 0. The summed E-state index contributed by atoms with van der Waals surface area (Å²) in [6.07, 6.45) is 2.99. The number of pyridine rings is 1. The zero-order valence-corrected chi connectivity index (χ0v) is 16.6. The predicted octanol–water partition coefficient (Wildman–Crippen LogP) is 3.84. The van der Waals surface area contributed by atoms with Crippen molar-refractivity contribution >= 4 is 17.5 Å². The van der Waals surface area contributed by atoms with E-state index in [9.17, 15) is 18.0 Å². The van der Waals surface area contributed by atoms with Crippen molar-refractivity contribution < 1.29 is 18.0 Å². The van der Waals surface area contributed by atoms with E-state index in [1.165, 1.54) is 17.0 Å². The molecule has 0 aliphatic heterocycles. The van der Waals surface area contributed by atoms with Crippen molar-refractivity contribution in [2.75, 3.05) is 30.8 Å². The van der Waals surface area contributed by atoms with Crippen LogP contribution in [0, 0.1) is 11.6 Å². The van der Waals surface area contributed by atoms with E-state index in [0.717, 1.165) is 12.4 Å². The van der Waals surface area contributed by atoms with Gasteiger partial charge in [0.05, 0.1) is 30.3 Å². The molecule has 162 valence electrons. The number of carbonyl (C=O) groups is 1. The van der Waals surface area contributed by atoms with E-state index < -0.39 is 18.5 Å². The zero-order chi connectivity index (χ0) is 22.2.